The molecule has 0 spiro atoms. The maximum atomic E-state index is 13.2. The van der Waals surface area contributed by atoms with Gasteiger partial charge < -0.3 is 14.7 Å². The third kappa shape index (κ3) is 5.00. The monoisotopic (exact) mass is 443 g/mol. The van der Waals surface area contributed by atoms with Crippen LogP contribution in [0.5, 0.6) is 5.75 Å². The Morgan fingerprint density at radius 3 is 2.28 bits per heavy atom. The molecule has 6 nitrogen and oxygen atoms in total. The highest BCUT2D eigenvalue weighted by Crippen LogP contribution is 2.24. The minimum Gasteiger partial charge on any atom is -0.446 e. The first-order valence-corrected chi connectivity index (χ1v) is 10.2. The molecule has 4 rings (SSSR count). The SMILES string of the molecule is N=CC(=C(Oc1ccc(-c2ccccc2)cc1)C(=O)[NH2+]c1ccc(Cl)cc1)n1ccnc1. The first kappa shape index (κ1) is 21.2. The summed E-state index contributed by atoms with van der Waals surface area (Å²) >= 11 is 5.94. The van der Waals surface area contributed by atoms with Crippen LogP contribution in [0.3, 0.4) is 0 Å². The largest absolute Gasteiger partial charge is 0.446 e. The molecular weight excluding hydrogens is 424 g/mol. The number of carbonyl (C=O) groups excluding carboxylic acids is 1. The number of rotatable bonds is 7. The lowest BCUT2D eigenvalue weighted by molar-refractivity contribution is -0.480. The highest BCUT2D eigenvalue weighted by Gasteiger charge is 2.23. The zero-order valence-corrected chi connectivity index (χ0v) is 17.7. The Morgan fingerprint density at radius 2 is 1.66 bits per heavy atom. The molecular formula is C25H20ClN4O2+. The van der Waals surface area contributed by atoms with Crippen molar-refractivity contribution in [2.75, 3.05) is 0 Å². The Morgan fingerprint density at radius 1 is 0.969 bits per heavy atom. The topological polar surface area (TPSA) is 84.6 Å². The summed E-state index contributed by atoms with van der Waals surface area (Å²) in [4.78, 5) is 17.2. The fraction of sp³-hybridized carbons (Fsp3) is 0. The van der Waals surface area contributed by atoms with Crippen LogP contribution in [-0.2, 0) is 4.79 Å². The van der Waals surface area contributed by atoms with E-state index in [1.54, 1.807) is 53.4 Å². The number of allylic oxidation sites excluding steroid dienone is 1. The summed E-state index contributed by atoms with van der Waals surface area (Å²) in [5.74, 6) is 0.115. The van der Waals surface area contributed by atoms with E-state index in [2.05, 4.69) is 4.98 Å². The van der Waals surface area contributed by atoms with Crippen molar-refractivity contribution in [1.29, 1.82) is 5.41 Å². The van der Waals surface area contributed by atoms with Gasteiger partial charge >= 0.3 is 5.91 Å². The zero-order valence-electron chi connectivity index (χ0n) is 17.0. The summed E-state index contributed by atoms with van der Waals surface area (Å²) in [5.41, 5.74) is 3.06. The van der Waals surface area contributed by atoms with Gasteiger partial charge in [-0.3, -0.25) is 0 Å². The van der Waals surface area contributed by atoms with E-state index >= 15 is 0 Å². The van der Waals surface area contributed by atoms with Crippen LogP contribution in [0.2, 0.25) is 5.02 Å². The highest BCUT2D eigenvalue weighted by molar-refractivity contribution is 6.30. The Hall–Kier alpha value is -4.00. The van der Waals surface area contributed by atoms with Gasteiger partial charge in [-0.15, -0.1) is 0 Å². The van der Waals surface area contributed by atoms with Crippen LogP contribution in [-0.4, -0.2) is 21.7 Å². The van der Waals surface area contributed by atoms with E-state index in [0.29, 0.717) is 16.5 Å². The number of aromatic nitrogens is 2. The molecule has 0 saturated heterocycles. The van der Waals surface area contributed by atoms with Gasteiger partial charge in [0.05, 0.1) is 6.33 Å². The number of halogens is 1. The molecule has 0 saturated carbocycles. The number of nitrogens with two attached hydrogens (primary N) is 1. The number of benzene rings is 3. The minimum absolute atomic E-state index is 0.0143. The Bertz CT molecular complexity index is 1230. The molecule has 3 aromatic carbocycles. The van der Waals surface area contributed by atoms with Gasteiger partial charge in [0.2, 0.25) is 0 Å². The minimum atomic E-state index is -0.383. The lowest BCUT2D eigenvalue weighted by Crippen LogP contribution is -2.83. The van der Waals surface area contributed by atoms with Crippen molar-refractivity contribution in [1.82, 2.24) is 9.55 Å². The van der Waals surface area contributed by atoms with Gasteiger partial charge in [0.15, 0.2) is 0 Å². The number of hydrogen-bond donors (Lipinski definition) is 2. The Labute approximate surface area is 190 Å². The highest BCUT2D eigenvalue weighted by atomic mass is 35.5. The quantitative estimate of drug-likeness (QED) is 0.190. The van der Waals surface area contributed by atoms with Gasteiger partial charge in [-0.1, -0.05) is 54.1 Å². The molecule has 0 atom stereocenters. The molecule has 0 aliphatic rings. The van der Waals surface area contributed by atoms with Gasteiger partial charge in [-0.25, -0.2) is 15.1 Å². The van der Waals surface area contributed by atoms with Crippen LogP contribution in [0.15, 0.2) is 103 Å². The van der Waals surface area contributed by atoms with Crippen LogP contribution in [0.1, 0.15) is 0 Å². The molecule has 0 bridgehead atoms. The first-order chi connectivity index (χ1) is 15.6. The Balaban J connectivity index is 1.65. The second-order valence-electron chi connectivity index (χ2n) is 6.88. The van der Waals surface area contributed by atoms with Crippen molar-refractivity contribution in [3.63, 3.8) is 0 Å². The molecule has 0 aliphatic carbocycles. The van der Waals surface area contributed by atoms with Crippen molar-refractivity contribution in [3.05, 3.63) is 108 Å². The molecule has 158 valence electrons. The smallest absolute Gasteiger partial charge is 0.385 e. The second kappa shape index (κ2) is 9.87. The summed E-state index contributed by atoms with van der Waals surface area (Å²) in [5, 5.41) is 9.92. The van der Waals surface area contributed by atoms with Crippen molar-refractivity contribution in [2.45, 2.75) is 0 Å². The van der Waals surface area contributed by atoms with Gasteiger partial charge in [0.1, 0.15) is 17.1 Å². The van der Waals surface area contributed by atoms with E-state index < -0.39 is 0 Å². The molecule has 1 aromatic heterocycles. The third-order valence-electron chi connectivity index (χ3n) is 4.72. The average molecular weight is 444 g/mol. The van der Waals surface area contributed by atoms with Crippen molar-refractivity contribution in [3.8, 4) is 16.9 Å². The molecule has 0 unspecified atom stereocenters. The summed E-state index contributed by atoms with van der Waals surface area (Å²) in [6.07, 6.45) is 5.81. The molecule has 0 radical (unpaired) electrons. The number of imidazole rings is 1. The van der Waals surface area contributed by atoms with Gasteiger partial charge in [-0.2, -0.15) is 0 Å². The number of nitrogens with one attached hydrogen (secondary N) is 1. The van der Waals surface area contributed by atoms with Crippen LogP contribution >= 0.6 is 11.6 Å². The number of quaternary nitrogens is 1. The normalized spacial score (nSPS) is 11.5. The maximum Gasteiger partial charge on any atom is 0.385 e. The molecule has 4 aromatic rings. The van der Waals surface area contributed by atoms with Crippen molar-refractivity contribution >= 4 is 35.1 Å². The summed E-state index contributed by atoms with van der Waals surface area (Å²) in [6.45, 7) is 0. The summed E-state index contributed by atoms with van der Waals surface area (Å²) in [7, 11) is 0. The molecule has 1 amide bonds. The number of primary amides is 1. The first-order valence-electron chi connectivity index (χ1n) is 9.85. The fourth-order valence-corrected chi connectivity index (χ4v) is 3.25. The maximum absolute atomic E-state index is 13.2. The molecule has 0 aliphatic heterocycles. The number of nitrogens with zero attached hydrogens (tertiary/aromatic N) is 2. The van der Waals surface area contributed by atoms with E-state index in [1.165, 1.54) is 11.6 Å². The van der Waals surface area contributed by atoms with E-state index in [4.69, 9.17) is 21.7 Å². The molecule has 1 heterocycles. The summed E-state index contributed by atoms with van der Waals surface area (Å²) < 4.78 is 7.58. The van der Waals surface area contributed by atoms with Gasteiger partial charge in [0.25, 0.3) is 5.76 Å². The Kier molecular flexibility index (Phi) is 6.55. The van der Waals surface area contributed by atoms with E-state index in [1.807, 2.05) is 42.5 Å². The molecule has 7 heteroatoms. The molecule has 0 fully saturated rings. The van der Waals surface area contributed by atoms with Gasteiger partial charge in [0, 0.05) is 35.8 Å². The second-order valence-corrected chi connectivity index (χ2v) is 7.32. The number of hydrogen-bond acceptors (Lipinski definition) is 4. The fourth-order valence-electron chi connectivity index (χ4n) is 3.13. The van der Waals surface area contributed by atoms with Crippen LogP contribution in [0.4, 0.5) is 5.69 Å². The lowest BCUT2D eigenvalue weighted by atomic mass is 10.1. The molecule has 3 N–H and O–H groups in total. The van der Waals surface area contributed by atoms with Gasteiger partial charge in [-0.05, 0) is 35.4 Å². The van der Waals surface area contributed by atoms with E-state index in [9.17, 15) is 4.79 Å². The molecule has 32 heavy (non-hydrogen) atoms. The number of carbonyl (C=O) groups is 1. The predicted octanol–water partition coefficient (Wildman–Crippen LogP) is 4.52. The van der Waals surface area contributed by atoms with Crippen LogP contribution in [0, 0.1) is 5.41 Å². The van der Waals surface area contributed by atoms with Crippen molar-refractivity contribution < 1.29 is 14.8 Å². The predicted molar refractivity (Wildman–Crippen MR) is 125 cm³/mol. The van der Waals surface area contributed by atoms with E-state index in [0.717, 1.165) is 17.3 Å². The van der Waals surface area contributed by atoms with Crippen LogP contribution < -0.4 is 10.1 Å². The van der Waals surface area contributed by atoms with E-state index in [-0.39, 0.29) is 17.4 Å². The van der Waals surface area contributed by atoms with Crippen LogP contribution in [0.25, 0.3) is 16.8 Å². The lowest BCUT2D eigenvalue weighted by Gasteiger charge is -2.12. The number of amides is 1. The van der Waals surface area contributed by atoms with Crippen molar-refractivity contribution in [2.24, 2.45) is 0 Å². The summed E-state index contributed by atoms with van der Waals surface area (Å²) in [6, 6.07) is 24.3. The zero-order chi connectivity index (χ0) is 22.3. The standard InChI is InChI=1S/C25H19ClN4O2/c26-20-8-10-21(11-9-20)29-25(31)24(23(16-27)30-15-14-28-17-30)32-22-12-6-19(7-13-22)18-4-2-1-3-5-18/h1-17,27H,(H,29,31)/p+1. The number of ether oxygens (including phenoxy) is 1. The average Bonchev–Trinajstić information content (AvgIpc) is 3.36. The third-order valence-corrected chi connectivity index (χ3v) is 4.98.